The molecule has 0 heterocycles. The molecule has 0 radical (unpaired) electrons. The maximum Gasteiger partial charge on any atom is 0.323 e. The number of likely N-dealkylation sites (N-methyl/N-ethyl adjacent to an activating group) is 1. The van der Waals surface area contributed by atoms with Gasteiger partial charge in [-0.25, -0.2) is 4.79 Å². The summed E-state index contributed by atoms with van der Waals surface area (Å²) in [5, 5.41) is 11.1. The van der Waals surface area contributed by atoms with E-state index in [-0.39, 0.29) is 18.7 Å². The first-order valence-electron chi connectivity index (χ1n) is 4.78. The van der Waals surface area contributed by atoms with Gasteiger partial charge in [0.15, 0.2) is 0 Å². The molecule has 2 N–H and O–H groups in total. The minimum Gasteiger partial charge on any atom is -0.480 e. The molecule has 0 aromatic rings. The van der Waals surface area contributed by atoms with Gasteiger partial charge in [-0.1, -0.05) is 0 Å². The van der Waals surface area contributed by atoms with Crippen molar-refractivity contribution in [1.82, 2.24) is 10.2 Å². The van der Waals surface area contributed by atoms with Crippen molar-refractivity contribution in [3.63, 3.8) is 0 Å². The average Bonchev–Trinajstić information content (AvgIpc) is 2.21. The van der Waals surface area contributed by atoms with Crippen LogP contribution in [0.4, 0.5) is 4.79 Å². The predicted octanol–water partition coefficient (Wildman–Crippen LogP) is 0.137. The van der Waals surface area contributed by atoms with E-state index in [1.165, 1.54) is 4.90 Å². The van der Waals surface area contributed by atoms with Crippen molar-refractivity contribution >= 4 is 12.0 Å². The van der Waals surface area contributed by atoms with Gasteiger partial charge in [0.25, 0.3) is 0 Å². The van der Waals surface area contributed by atoms with Crippen LogP contribution in [-0.4, -0.2) is 54.9 Å². The summed E-state index contributed by atoms with van der Waals surface area (Å²) in [7, 11) is 1.55. The first-order valence-corrected chi connectivity index (χ1v) is 4.78. The summed E-state index contributed by atoms with van der Waals surface area (Å²) in [6.07, 6.45) is -0.0857. The van der Waals surface area contributed by atoms with Crippen molar-refractivity contribution in [1.29, 1.82) is 0 Å². The van der Waals surface area contributed by atoms with E-state index >= 15 is 0 Å². The highest BCUT2D eigenvalue weighted by atomic mass is 16.5. The third kappa shape index (κ3) is 5.90. The molecule has 0 aromatic carbocycles. The van der Waals surface area contributed by atoms with Crippen LogP contribution in [0.3, 0.4) is 0 Å². The number of carbonyl (C=O) groups excluding carboxylic acids is 1. The zero-order chi connectivity index (χ0) is 11.8. The van der Waals surface area contributed by atoms with Crippen LogP contribution in [0.25, 0.3) is 0 Å². The Hall–Kier alpha value is -1.30. The van der Waals surface area contributed by atoms with E-state index in [0.29, 0.717) is 13.1 Å². The molecular formula is C9H18N2O4. The Balaban J connectivity index is 3.99. The first kappa shape index (κ1) is 13.7. The lowest BCUT2D eigenvalue weighted by molar-refractivity contribution is -0.137. The summed E-state index contributed by atoms with van der Waals surface area (Å²) >= 11 is 0. The van der Waals surface area contributed by atoms with Gasteiger partial charge >= 0.3 is 12.0 Å². The topological polar surface area (TPSA) is 78.9 Å². The van der Waals surface area contributed by atoms with Crippen molar-refractivity contribution < 1.29 is 19.4 Å². The van der Waals surface area contributed by atoms with E-state index in [0.717, 1.165) is 0 Å². The quantitative estimate of drug-likeness (QED) is 0.664. The molecule has 0 bridgehead atoms. The van der Waals surface area contributed by atoms with Crippen molar-refractivity contribution in [2.24, 2.45) is 0 Å². The van der Waals surface area contributed by atoms with E-state index in [9.17, 15) is 9.59 Å². The van der Waals surface area contributed by atoms with Crippen molar-refractivity contribution in [3.8, 4) is 0 Å². The number of hydrogen-bond acceptors (Lipinski definition) is 3. The zero-order valence-corrected chi connectivity index (χ0v) is 9.32. The number of carboxylic acid groups (broad SMARTS) is 1. The maximum atomic E-state index is 11.4. The van der Waals surface area contributed by atoms with Gasteiger partial charge in [-0.3, -0.25) is 4.79 Å². The number of nitrogens with zero attached hydrogens (tertiary/aromatic N) is 1. The SMILES string of the molecule is CCN(CC(=O)O)C(=O)NCC(C)OC. The minimum absolute atomic E-state index is 0.0857. The first-order chi connectivity index (χ1) is 7.01. The van der Waals surface area contributed by atoms with E-state index < -0.39 is 5.97 Å². The van der Waals surface area contributed by atoms with Crippen LogP contribution in [0.5, 0.6) is 0 Å². The Labute approximate surface area is 89.2 Å². The van der Waals surface area contributed by atoms with Crippen molar-refractivity contribution in [2.45, 2.75) is 20.0 Å². The Morgan fingerprint density at radius 3 is 2.53 bits per heavy atom. The van der Waals surface area contributed by atoms with Crippen LogP contribution in [0.15, 0.2) is 0 Å². The van der Waals surface area contributed by atoms with E-state index in [1.54, 1.807) is 14.0 Å². The number of hydrogen-bond donors (Lipinski definition) is 2. The van der Waals surface area contributed by atoms with Gasteiger partial charge in [0, 0.05) is 20.2 Å². The summed E-state index contributed by atoms with van der Waals surface area (Å²) in [5.41, 5.74) is 0. The lowest BCUT2D eigenvalue weighted by Gasteiger charge is -2.20. The standard InChI is InChI=1S/C9H18N2O4/c1-4-11(6-8(12)13)9(14)10-5-7(2)15-3/h7H,4-6H2,1-3H3,(H,10,14)(H,12,13). The average molecular weight is 218 g/mol. The molecule has 0 aliphatic rings. The van der Waals surface area contributed by atoms with Crippen molar-refractivity contribution in [3.05, 3.63) is 0 Å². The summed E-state index contributed by atoms with van der Waals surface area (Å²) in [6, 6.07) is -0.385. The number of aliphatic carboxylic acids is 1. The molecule has 0 saturated heterocycles. The highest BCUT2D eigenvalue weighted by Gasteiger charge is 2.14. The fourth-order valence-corrected chi connectivity index (χ4v) is 0.917. The number of nitrogens with one attached hydrogen (secondary N) is 1. The molecule has 0 fully saturated rings. The number of amides is 2. The van der Waals surface area contributed by atoms with Gasteiger partial charge < -0.3 is 20.1 Å². The molecule has 0 spiro atoms. The summed E-state index contributed by atoms with van der Waals surface area (Å²) < 4.78 is 4.95. The molecule has 1 atom stereocenters. The van der Waals surface area contributed by atoms with Gasteiger partial charge in [-0.15, -0.1) is 0 Å². The molecule has 0 aliphatic heterocycles. The number of ether oxygens (including phenoxy) is 1. The molecule has 1 unspecified atom stereocenters. The zero-order valence-electron chi connectivity index (χ0n) is 9.32. The molecule has 6 nitrogen and oxygen atoms in total. The number of methoxy groups -OCH3 is 1. The van der Waals surface area contributed by atoms with E-state index in [2.05, 4.69) is 5.32 Å². The Morgan fingerprint density at radius 1 is 1.53 bits per heavy atom. The molecule has 0 rings (SSSR count). The van der Waals surface area contributed by atoms with Crippen LogP contribution >= 0.6 is 0 Å². The van der Waals surface area contributed by atoms with E-state index in [1.807, 2.05) is 6.92 Å². The van der Waals surface area contributed by atoms with Crippen LogP contribution in [0.2, 0.25) is 0 Å². The van der Waals surface area contributed by atoms with Gasteiger partial charge in [0.1, 0.15) is 6.54 Å². The van der Waals surface area contributed by atoms with Gasteiger partial charge in [0.05, 0.1) is 6.10 Å². The third-order valence-electron chi connectivity index (χ3n) is 1.94. The number of carboxylic acids is 1. The minimum atomic E-state index is -1.02. The fourth-order valence-electron chi connectivity index (χ4n) is 0.917. The second-order valence-electron chi connectivity index (χ2n) is 3.14. The second-order valence-corrected chi connectivity index (χ2v) is 3.14. The van der Waals surface area contributed by atoms with Gasteiger partial charge in [-0.2, -0.15) is 0 Å². The van der Waals surface area contributed by atoms with Crippen LogP contribution in [-0.2, 0) is 9.53 Å². The normalized spacial score (nSPS) is 11.9. The largest absolute Gasteiger partial charge is 0.480 e. The fraction of sp³-hybridized carbons (Fsp3) is 0.778. The molecule has 0 aliphatic carbocycles. The highest BCUT2D eigenvalue weighted by Crippen LogP contribution is 1.91. The maximum absolute atomic E-state index is 11.4. The lowest BCUT2D eigenvalue weighted by atomic mass is 10.4. The Kier molecular flexibility index (Phi) is 6.44. The molecule has 0 saturated carbocycles. The summed E-state index contributed by atoms with van der Waals surface area (Å²) in [6.45, 7) is 3.98. The number of rotatable bonds is 6. The molecule has 2 amide bonds. The molecule has 0 aromatic heterocycles. The molecular weight excluding hydrogens is 200 g/mol. The third-order valence-corrected chi connectivity index (χ3v) is 1.94. The second kappa shape index (κ2) is 7.05. The molecule has 6 heteroatoms. The number of carbonyl (C=O) groups is 2. The monoisotopic (exact) mass is 218 g/mol. The van der Waals surface area contributed by atoms with E-state index in [4.69, 9.17) is 9.84 Å². The predicted molar refractivity (Wildman–Crippen MR) is 54.8 cm³/mol. The summed E-state index contributed by atoms with van der Waals surface area (Å²) in [4.78, 5) is 23.1. The van der Waals surface area contributed by atoms with Gasteiger partial charge in [0.2, 0.25) is 0 Å². The molecule has 15 heavy (non-hydrogen) atoms. The van der Waals surface area contributed by atoms with Crippen LogP contribution in [0.1, 0.15) is 13.8 Å². The lowest BCUT2D eigenvalue weighted by Crippen LogP contribution is -2.44. The number of urea groups is 1. The summed E-state index contributed by atoms with van der Waals surface area (Å²) in [5.74, 6) is -1.02. The molecule has 88 valence electrons. The Bertz CT molecular complexity index is 220. The smallest absolute Gasteiger partial charge is 0.323 e. The van der Waals surface area contributed by atoms with Gasteiger partial charge in [-0.05, 0) is 13.8 Å². The highest BCUT2D eigenvalue weighted by molar-refractivity contribution is 5.80. The van der Waals surface area contributed by atoms with Crippen LogP contribution < -0.4 is 5.32 Å². The van der Waals surface area contributed by atoms with Crippen LogP contribution in [0, 0.1) is 0 Å². The van der Waals surface area contributed by atoms with Crippen molar-refractivity contribution in [2.75, 3.05) is 26.7 Å². The Morgan fingerprint density at radius 2 is 2.13 bits per heavy atom.